The summed E-state index contributed by atoms with van der Waals surface area (Å²) in [6.45, 7) is 9.46. The van der Waals surface area contributed by atoms with Crippen LogP contribution in [0.2, 0.25) is 0 Å². The van der Waals surface area contributed by atoms with Gasteiger partial charge in [-0.25, -0.2) is 0 Å². The van der Waals surface area contributed by atoms with Gasteiger partial charge in [0, 0.05) is 29.9 Å². The number of rotatable bonds is 41. The standard InChI is InChI=1S/C62H97N17O16/c1-9-33(6)50(61(93)70-35(8)62(94)95)79-60(92)49(32(4)5)78-51(83)34(7)69-55(87)43(25-36-15-11-10-12-16-36)75-54(86)42(21-24-65)72-53(85)41(20-23-64)73-58(90)46(30-81)77-56(88)44(26-37-27-67-39-18-14-13-17-38(37)39)76-57(89)45(29-80)71-47(82)28-68-52(84)40(19-22-63)74-59(91)48(66)31(2)3/h10-18,27,31-35,40-46,48-50,67,80-81H,9,19-26,28-30,63-66H2,1-8H3,(H,68,84)(H,69,87)(H,70,93)(H,71,82)(H,72,85)(H,73,90)(H,74,91)(H,75,86)(H,76,89)(H,77,88)(H,78,83)(H,79,92)(H,94,95)/t33-,34-,35-,40+,41-,42+,43-,44+,45+,46-,48+,49-,50+/m0/s1. The van der Waals surface area contributed by atoms with Crippen LogP contribution < -0.4 is 86.7 Å². The number of H-pyrrole nitrogens is 1. The van der Waals surface area contributed by atoms with Crippen LogP contribution in [0, 0.1) is 17.8 Å². The second-order valence-electron chi connectivity index (χ2n) is 23.7. The van der Waals surface area contributed by atoms with E-state index in [0.717, 1.165) is 0 Å². The number of amides is 12. The monoisotopic (exact) mass is 1340 g/mol. The molecule has 0 aliphatic heterocycles. The van der Waals surface area contributed by atoms with Crippen molar-refractivity contribution in [2.24, 2.45) is 40.7 Å². The third-order valence-corrected chi connectivity index (χ3v) is 15.5. The van der Waals surface area contributed by atoms with E-state index in [1.54, 1.807) is 102 Å². The topological polar surface area (TPSA) is 547 Å². The number of aliphatic carboxylic acids is 1. The van der Waals surface area contributed by atoms with Gasteiger partial charge in [-0.2, -0.15) is 0 Å². The Bertz CT molecular complexity index is 3100. The van der Waals surface area contributed by atoms with Crippen molar-refractivity contribution in [1.82, 2.24) is 68.8 Å². The third kappa shape index (κ3) is 25.6. The number of fused-ring (bicyclic) bond motifs is 1. The Labute approximate surface area is 550 Å². The number of nitrogens with two attached hydrogens (primary N) is 4. The van der Waals surface area contributed by atoms with Crippen molar-refractivity contribution in [3.05, 3.63) is 71.9 Å². The first-order valence-electron chi connectivity index (χ1n) is 31.5. The maximum Gasteiger partial charge on any atom is 0.325 e. The van der Waals surface area contributed by atoms with Crippen LogP contribution in [-0.2, 0) is 75.2 Å². The van der Waals surface area contributed by atoms with Crippen molar-refractivity contribution in [3.8, 4) is 0 Å². The van der Waals surface area contributed by atoms with E-state index in [1.165, 1.54) is 13.8 Å². The van der Waals surface area contributed by atoms with E-state index in [2.05, 4.69) is 68.8 Å². The predicted octanol–water partition coefficient (Wildman–Crippen LogP) is -5.76. The number of carboxylic acids is 1. The zero-order valence-electron chi connectivity index (χ0n) is 54.9. The molecular formula is C62H97N17O16. The van der Waals surface area contributed by atoms with Gasteiger partial charge in [0.25, 0.3) is 0 Å². The van der Waals surface area contributed by atoms with Gasteiger partial charge in [-0.3, -0.25) is 62.3 Å². The molecule has 0 saturated carbocycles. The normalized spacial score (nSPS) is 15.4. The number of aromatic nitrogens is 1. The first kappa shape index (κ1) is 80.1. The molecule has 0 fully saturated rings. The van der Waals surface area contributed by atoms with E-state index < -0.39 is 181 Å². The molecule has 13 atom stereocenters. The molecule has 3 rings (SSSR count). The Morgan fingerprint density at radius 2 is 0.884 bits per heavy atom. The van der Waals surface area contributed by atoms with Crippen molar-refractivity contribution in [2.75, 3.05) is 39.4 Å². The summed E-state index contributed by atoms with van der Waals surface area (Å²) in [5.74, 6) is -13.4. The third-order valence-electron chi connectivity index (χ3n) is 15.5. The molecule has 95 heavy (non-hydrogen) atoms. The molecule has 526 valence electrons. The smallest absolute Gasteiger partial charge is 0.325 e. The summed E-state index contributed by atoms with van der Waals surface area (Å²) in [4.78, 5) is 178. The fraction of sp³-hybridized carbons (Fsp3) is 0.565. The van der Waals surface area contributed by atoms with Crippen molar-refractivity contribution in [1.29, 1.82) is 0 Å². The zero-order valence-corrected chi connectivity index (χ0v) is 54.9. The van der Waals surface area contributed by atoms with E-state index in [4.69, 9.17) is 22.9 Å². The summed E-state index contributed by atoms with van der Waals surface area (Å²) in [6.07, 6.45) is 1.06. The van der Waals surface area contributed by atoms with Gasteiger partial charge in [-0.15, -0.1) is 0 Å². The fourth-order valence-electron chi connectivity index (χ4n) is 9.45. The molecule has 3 aromatic rings. The molecule has 24 N–H and O–H groups in total. The molecule has 0 saturated heterocycles. The highest BCUT2D eigenvalue weighted by Crippen LogP contribution is 2.20. The van der Waals surface area contributed by atoms with Crippen molar-refractivity contribution >= 4 is 87.8 Å². The molecule has 0 aliphatic carbocycles. The lowest BCUT2D eigenvalue weighted by Crippen LogP contribution is -2.62. The van der Waals surface area contributed by atoms with Crippen molar-refractivity contribution in [2.45, 2.75) is 166 Å². The van der Waals surface area contributed by atoms with Crippen molar-refractivity contribution < 1.29 is 77.6 Å². The second kappa shape index (κ2) is 40.2. The highest BCUT2D eigenvalue weighted by Gasteiger charge is 2.37. The Hall–Kier alpha value is -9.15. The summed E-state index contributed by atoms with van der Waals surface area (Å²) < 4.78 is 0. The maximum absolute atomic E-state index is 14.3. The highest BCUT2D eigenvalue weighted by molar-refractivity contribution is 6.00. The lowest BCUT2D eigenvalue weighted by Gasteiger charge is -2.29. The number of para-hydroxylation sites is 1. The second-order valence-corrected chi connectivity index (χ2v) is 23.7. The van der Waals surface area contributed by atoms with E-state index >= 15 is 0 Å². The number of carbonyl (C=O) groups excluding carboxylic acids is 12. The van der Waals surface area contributed by atoms with Crippen LogP contribution in [0.3, 0.4) is 0 Å². The number of carboxylic acid groups (broad SMARTS) is 1. The predicted molar refractivity (Wildman–Crippen MR) is 348 cm³/mol. The SMILES string of the molecule is CC[C@H](C)[C@@H](NC(=O)[C@@H](NC(=O)[C@H](C)NC(=O)[C@H](Cc1ccccc1)NC(=O)[C@@H](CCN)NC(=O)[C@H](CCN)NC(=O)[C@H](CO)NC(=O)[C@@H](Cc1c[nH]c2ccccc12)NC(=O)[C@@H](CO)NC(=O)CNC(=O)[C@@H](CCN)NC(=O)[C@H](N)C(C)C)C(C)C)C(=O)N[C@@H](C)C(=O)O. The minimum Gasteiger partial charge on any atom is -0.480 e. The molecule has 33 heteroatoms. The highest BCUT2D eigenvalue weighted by atomic mass is 16.4. The summed E-state index contributed by atoms with van der Waals surface area (Å²) in [5, 5.41) is 60.5. The Balaban J connectivity index is 1.81. The molecular weight excluding hydrogens is 1240 g/mol. The Kier molecular flexibility index (Phi) is 33.9. The number of hydrogen-bond donors (Lipinski definition) is 20. The first-order chi connectivity index (χ1) is 44.9. The van der Waals surface area contributed by atoms with Gasteiger partial charge in [-0.1, -0.05) is 96.5 Å². The van der Waals surface area contributed by atoms with Gasteiger partial charge in [0.15, 0.2) is 0 Å². The molecule has 1 heterocycles. The minimum absolute atomic E-state index is 0.0132. The quantitative estimate of drug-likeness (QED) is 0.0252. The first-order valence-corrected chi connectivity index (χ1v) is 31.5. The Morgan fingerprint density at radius 1 is 0.453 bits per heavy atom. The number of aromatic amines is 1. The summed E-state index contributed by atoms with van der Waals surface area (Å²) in [7, 11) is 0. The van der Waals surface area contributed by atoms with Gasteiger partial charge in [0.1, 0.15) is 66.5 Å². The summed E-state index contributed by atoms with van der Waals surface area (Å²) in [6, 6.07) is -1.36. The van der Waals surface area contributed by atoms with Crippen LogP contribution in [0.25, 0.3) is 10.9 Å². The molecule has 2 aromatic carbocycles. The van der Waals surface area contributed by atoms with Gasteiger partial charge in [0.2, 0.25) is 70.9 Å². The van der Waals surface area contributed by atoms with Crippen LogP contribution in [0.1, 0.15) is 92.2 Å². The van der Waals surface area contributed by atoms with Gasteiger partial charge >= 0.3 is 5.97 Å². The summed E-state index contributed by atoms with van der Waals surface area (Å²) in [5.41, 5.74) is 25.1. The van der Waals surface area contributed by atoms with Crippen LogP contribution in [-0.4, -0.2) is 209 Å². The molecule has 0 aliphatic rings. The van der Waals surface area contributed by atoms with Crippen LogP contribution in [0.5, 0.6) is 0 Å². The number of carbonyl (C=O) groups is 13. The van der Waals surface area contributed by atoms with E-state index in [1.807, 2.05) is 0 Å². The lowest BCUT2D eigenvalue weighted by atomic mass is 9.96. The molecule has 0 spiro atoms. The number of benzene rings is 2. The number of hydrogen-bond acceptors (Lipinski definition) is 19. The Morgan fingerprint density at radius 3 is 1.40 bits per heavy atom. The summed E-state index contributed by atoms with van der Waals surface area (Å²) >= 11 is 0. The van der Waals surface area contributed by atoms with Gasteiger partial charge < -0.3 is 107 Å². The van der Waals surface area contributed by atoms with Gasteiger partial charge in [-0.05, 0) is 87.7 Å². The fourth-order valence-corrected chi connectivity index (χ4v) is 9.45. The van der Waals surface area contributed by atoms with E-state index in [-0.39, 0.29) is 57.7 Å². The lowest BCUT2D eigenvalue weighted by molar-refractivity contribution is -0.142. The average molecular weight is 1340 g/mol. The number of aliphatic hydroxyl groups is 2. The maximum atomic E-state index is 14.3. The number of aliphatic hydroxyl groups excluding tert-OH is 2. The van der Waals surface area contributed by atoms with Crippen LogP contribution in [0.4, 0.5) is 0 Å². The molecule has 0 unspecified atom stereocenters. The molecule has 0 bridgehead atoms. The molecule has 1 aromatic heterocycles. The zero-order chi connectivity index (χ0) is 71.2. The largest absolute Gasteiger partial charge is 0.480 e. The molecule has 33 nitrogen and oxygen atoms in total. The average Bonchev–Trinajstić information content (AvgIpc) is 1.74. The van der Waals surface area contributed by atoms with E-state index in [0.29, 0.717) is 28.5 Å². The van der Waals surface area contributed by atoms with E-state index in [9.17, 15) is 77.6 Å². The minimum atomic E-state index is -1.82. The molecule has 12 amide bonds. The van der Waals surface area contributed by atoms with Crippen LogP contribution >= 0.6 is 0 Å². The van der Waals surface area contributed by atoms with Crippen molar-refractivity contribution in [3.63, 3.8) is 0 Å². The van der Waals surface area contributed by atoms with Crippen LogP contribution in [0.15, 0.2) is 60.8 Å². The molecule has 0 radical (unpaired) electrons. The number of nitrogens with one attached hydrogen (secondary N) is 13. The van der Waals surface area contributed by atoms with Gasteiger partial charge in [0.05, 0.1) is 25.8 Å².